The number of hydrogen-bond acceptors (Lipinski definition) is 2. The first-order chi connectivity index (χ1) is 10.1. The van der Waals surface area contributed by atoms with Crippen molar-refractivity contribution in [2.45, 2.75) is 32.4 Å². The minimum absolute atomic E-state index is 0.319. The van der Waals surface area contributed by atoms with Crippen molar-refractivity contribution >= 4 is 15.9 Å². The SMILES string of the molecule is Cc1cccc([C@@H](C)NC2CCOc3ccc(Br)cc32)c1. The summed E-state index contributed by atoms with van der Waals surface area (Å²) in [5.41, 5.74) is 3.88. The van der Waals surface area contributed by atoms with E-state index < -0.39 is 0 Å². The van der Waals surface area contributed by atoms with Crippen LogP contribution in [0.1, 0.15) is 42.1 Å². The van der Waals surface area contributed by atoms with Crippen molar-refractivity contribution in [2.75, 3.05) is 6.61 Å². The van der Waals surface area contributed by atoms with Gasteiger partial charge in [-0.25, -0.2) is 0 Å². The molecule has 0 spiro atoms. The van der Waals surface area contributed by atoms with E-state index in [1.54, 1.807) is 0 Å². The molecule has 2 atom stereocenters. The first-order valence-electron chi connectivity index (χ1n) is 7.38. The molecule has 2 nitrogen and oxygen atoms in total. The van der Waals surface area contributed by atoms with E-state index in [9.17, 15) is 0 Å². The van der Waals surface area contributed by atoms with Crippen LogP contribution in [0.15, 0.2) is 46.9 Å². The van der Waals surface area contributed by atoms with Crippen LogP contribution in [0.25, 0.3) is 0 Å². The molecule has 0 fully saturated rings. The fraction of sp³-hybridized carbons (Fsp3) is 0.333. The van der Waals surface area contributed by atoms with Crippen LogP contribution in [0.3, 0.4) is 0 Å². The lowest BCUT2D eigenvalue weighted by atomic mass is 9.98. The summed E-state index contributed by atoms with van der Waals surface area (Å²) >= 11 is 3.56. The summed E-state index contributed by atoms with van der Waals surface area (Å²) in [6, 6.07) is 15.6. The van der Waals surface area contributed by atoms with Gasteiger partial charge in [0, 0.05) is 28.5 Å². The van der Waals surface area contributed by atoms with Gasteiger partial charge in [0.15, 0.2) is 0 Å². The molecule has 3 heteroatoms. The van der Waals surface area contributed by atoms with Crippen molar-refractivity contribution < 1.29 is 4.74 Å². The molecule has 0 aromatic heterocycles. The highest BCUT2D eigenvalue weighted by Crippen LogP contribution is 2.35. The van der Waals surface area contributed by atoms with Gasteiger partial charge >= 0.3 is 0 Å². The van der Waals surface area contributed by atoms with Crippen molar-refractivity contribution in [3.63, 3.8) is 0 Å². The normalized spacial score (nSPS) is 18.7. The second kappa shape index (κ2) is 6.20. The van der Waals surface area contributed by atoms with Crippen molar-refractivity contribution in [1.82, 2.24) is 5.32 Å². The van der Waals surface area contributed by atoms with Crippen molar-refractivity contribution in [2.24, 2.45) is 0 Å². The number of aryl methyl sites for hydroxylation is 1. The molecular formula is C18H20BrNO. The Balaban J connectivity index is 1.81. The molecular weight excluding hydrogens is 326 g/mol. The van der Waals surface area contributed by atoms with Crippen LogP contribution in [-0.2, 0) is 0 Å². The number of halogens is 1. The quantitative estimate of drug-likeness (QED) is 0.851. The summed E-state index contributed by atoms with van der Waals surface area (Å²) in [6.07, 6.45) is 1.000. The first kappa shape index (κ1) is 14.6. The fourth-order valence-corrected chi connectivity index (χ4v) is 3.25. The number of hydrogen-bond donors (Lipinski definition) is 1. The van der Waals surface area contributed by atoms with Crippen molar-refractivity contribution in [3.05, 3.63) is 63.6 Å². The number of fused-ring (bicyclic) bond motifs is 1. The van der Waals surface area contributed by atoms with Crippen LogP contribution >= 0.6 is 15.9 Å². The molecule has 0 bridgehead atoms. The number of rotatable bonds is 3. The maximum Gasteiger partial charge on any atom is 0.124 e. The number of nitrogens with one attached hydrogen (secondary N) is 1. The molecule has 1 aliphatic rings. The van der Waals surface area contributed by atoms with E-state index >= 15 is 0 Å². The molecule has 2 aromatic carbocycles. The van der Waals surface area contributed by atoms with Gasteiger partial charge < -0.3 is 10.1 Å². The number of benzene rings is 2. The second-order valence-electron chi connectivity index (χ2n) is 5.67. The average Bonchev–Trinajstić information content (AvgIpc) is 2.48. The second-order valence-corrected chi connectivity index (χ2v) is 6.59. The van der Waals surface area contributed by atoms with Gasteiger partial charge in [0.1, 0.15) is 5.75 Å². The van der Waals surface area contributed by atoms with Crippen molar-refractivity contribution in [3.8, 4) is 5.75 Å². The lowest BCUT2D eigenvalue weighted by Gasteiger charge is -2.30. The Labute approximate surface area is 134 Å². The zero-order valence-electron chi connectivity index (χ0n) is 12.4. The first-order valence-corrected chi connectivity index (χ1v) is 8.17. The standard InChI is InChI=1S/C18H20BrNO/c1-12-4-3-5-14(10-12)13(2)20-17-8-9-21-18-7-6-15(19)11-16(17)18/h3-7,10-11,13,17,20H,8-9H2,1-2H3/t13-,17?/m1/s1. The van der Waals surface area contributed by atoms with E-state index in [-0.39, 0.29) is 0 Å². The molecule has 0 aliphatic carbocycles. The third-order valence-corrected chi connectivity index (χ3v) is 4.50. The minimum atomic E-state index is 0.319. The van der Waals surface area contributed by atoms with Gasteiger partial charge in [0.2, 0.25) is 0 Å². The van der Waals surface area contributed by atoms with Crippen LogP contribution < -0.4 is 10.1 Å². The lowest BCUT2D eigenvalue weighted by Crippen LogP contribution is -2.29. The Bertz CT molecular complexity index is 641. The Morgan fingerprint density at radius 3 is 2.90 bits per heavy atom. The van der Waals surface area contributed by atoms with Gasteiger partial charge in [-0.2, -0.15) is 0 Å². The molecule has 21 heavy (non-hydrogen) atoms. The number of ether oxygens (including phenoxy) is 1. The van der Waals surface area contributed by atoms with E-state index in [0.29, 0.717) is 12.1 Å². The van der Waals surface area contributed by atoms with Gasteiger partial charge in [-0.1, -0.05) is 45.8 Å². The zero-order chi connectivity index (χ0) is 14.8. The zero-order valence-corrected chi connectivity index (χ0v) is 14.0. The van der Waals surface area contributed by atoms with E-state index in [0.717, 1.165) is 23.2 Å². The van der Waals surface area contributed by atoms with Crippen LogP contribution in [-0.4, -0.2) is 6.61 Å². The summed E-state index contributed by atoms with van der Waals surface area (Å²) in [5.74, 6) is 0.999. The van der Waals surface area contributed by atoms with E-state index in [1.165, 1.54) is 16.7 Å². The third kappa shape index (κ3) is 3.30. The smallest absolute Gasteiger partial charge is 0.124 e. The molecule has 1 heterocycles. The highest BCUT2D eigenvalue weighted by molar-refractivity contribution is 9.10. The highest BCUT2D eigenvalue weighted by atomic mass is 79.9. The molecule has 0 amide bonds. The molecule has 0 saturated heterocycles. The van der Waals surface area contributed by atoms with Crippen molar-refractivity contribution in [1.29, 1.82) is 0 Å². The van der Waals surface area contributed by atoms with Gasteiger partial charge in [-0.15, -0.1) is 0 Å². The van der Waals surface area contributed by atoms with E-state index in [2.05, 4.69) is 65.4 Å². The summed E-state index contributed by atoms with van der Waals surface area (Å²) in [4.78, 5) is 0. The summed E-state index contributed by atoms with van der Waals surface area (Å²) < 4.78 is 6.85. The van der Waals surface area contributed by atoms with Crippen LogP contribution in [0.2, 0.25) is 0 Å². The summed E-state index contributed by atoms with van der Waals surface area (Å²) in [7, 11) is 0. The molecule has 1 unspecified atom stereocenters. The van der Waals surface area contributed by atoms with Crippen LogP contribution in [0, 0.1) is 6.92 Å². The molecule has 1 aliphatic heterocycles. The molecule has 3 rings (SSSR count). The van der Waals surface area contributed by atoms with Crippen LogP contribution in [0.5, 0.6) is 5.75 Å². The van der Waals surface area contributed by atoms with E-state index in [1.807, 2.05) is 12.1 Å². The molecule has 0 radical (unpaired) electrons. The Hall–Kier alpha value is -1.32. The molecule has 110 valence electrons. The van der Waals surface area contributed by atoms with Gasteiger partial charge in [-0.05, 0) is 37.6 Å². The average molecular weight is 346 g/mol. The third-order valence-electron chi connectivity index (χ3n) is 4.00. The highest BCUT2D eigenvalue weighted by Gasteiger charge is 2.23. The summed E-state index contributed by atoms with van der Waals surface area (Å²) in [5, 5.41) is 3.74. The maximum absolute atomic E-state index is 5.75. The fourth-order valence-electron chi connectivity index (χ4n) is 2.88. The van der Waals surface area contributed by atoms with Gasteiger partial charge in [0.05, 0.1) is 6.61 Å². The maximum atomic E-state index is 5.75. The Morgan fingerprint density at radius 1 is 1.24 bits per heavy atom. The predicted molar refractivity (Wildman–Crippen MR) is 89.7 cm³/mol. The largest absolute Gasteiger partial charge is 0.493 e. The molecule has 2 aromatic rings. The van der Waals surface area contributed by atoms with E-state index in [4.69, 9.17) is 4.74 Å². The lowest BCUT2D eigenvalue weighted by molar-refractivity contribution is 0.246. The predicted octanol–water partition coefficient (Wildman–Crippen LogP) is 4.93. The van der Waals surface area contributed by atoms with Gasteiger partial charge in [0.25, 0.3) is 0 Å². The minimum Gasteiger partial charge on any atom is -0.493 e. The topological polar surface area (TPSA) is 21.3 Å². The Kier molecular flexibility index (Phi) is 4.32. The monoisotopic (exact) mass is 345 g/mol. The Morgan fingerprint density at radius 2 is 2.10 bits per heavy atom. The summed E-state index contributed by atoms with van der Waals surface area (Å²) in [6.45, 7) is 5.13. The van der Waals surface area contributed by atoms with Crippen LogP contribution in [0.4, 0.5) is 0 Å². The van der Waals surface area contributed by atoms with Gasteiger partial charge in [-0.3, -0.25) is 0 Å². The molecule has 0 saturated carbocycles. The molecule has 1 N–H and O–H groups in total.